The third kappa shape index (κ3) is 3.32. The molecule has 26 heavy (non-hydrogen) atoms. The first-order chi connectivity index (χ1) is 12.6. The van der Waals surface area contributed by atoms with Crippen molar-refractivity contribution in [1.82, 2.24) is 9.78 Å². The third-order valence-corrected chi connectivity index (χ3v) is 3.66. The van der Waals surface area contributed by atoms with Gasteiger partial charge in [0.25, 0.3) is 5.69 Å². The topological polar surface area (TPSA) is 109 Å². The van der Waals surface area contributed by atoms with Crippen LogP contribution in [0.15, 0.2) is 66.4 Å². The van der Waals surface area contributed by atoms with Crippen LogP contribution in [0.25, 0.3) is 23.0 Å². The number of nitro benzene ring substituents is 1. The summed E-state index contributed by atoms with van der Waals surface area (Å²) in [6.45, 7) is 0. The van der Waals surface area contributed by atoms with E-state index in [-0.39, 0.29) is 11.3 Å². The number of nitro groups is 1. The van der Waals surface area contributed by atoms with E-state index in [0.29, 0.717) is 16.8 Å². The monoisotopic (exact) mass is 341 g/mol. The van der Waals surface area contributed by atoms with Gasteiger partial charge in [-0.2, -0.15) is 15.6 Å². The number of hydrogen-bond acceptors (Lipinski definition) is 5. The molecule has 3 aromatic rings. The molecule has 1 heterocycles. The Bertz CT molecular complexity index is 1050. The number of rotatable bonds is 4. The van der Waals surface area contributed by atoms with Crippen LogP contribution < -0.4 is 0 Å². The van der Waals surface area contributed by atoms with Gasteiger partial charge in [-0.25, -0.2) is 4.68 Å². The molecule has 1 aromatic heterocycles. The maximum Gasteiger partial charge on any atom is 0.269 e. The summed E-state index contributed by atoms with van der Waals surface area (Å²) < 4.78 is 1.63. The maximum atomic E-state index is 10.8. The van der Waals surface area contributed by atoms with Crippen LogP contribution in [0.4, 0.5) is 5.69 Å². The molecule has 0 unspecified atom stereocenters. The largest absolute Gasteiger partial charge is 0.269 e. The van der Waals surface area contributed by atoms with Gasteiger partial charge < -0.3 is 0 Å². The summed E-state index contributed by atoms with van der Waals surface area (Å²) in [6, 6.07) is 19.0. The minimum absolute atomic E-state index is 0.0249. The van der Waals surface area contributed by atoms with E-state index in [2.05, 4.69) is 5.10 Å². The smallest absolute Gasteiger partial charge is 0.258 e. The summed E-state index contributed by atoms with van der Waals surface area (Å²) in [4.78, 5) is 10.4. The SMILES string of the molecule is N#CC(C#N)=Cc1cn(-c2ccccc2)nc1-c1ccc([N+](=O)[O-])cc1. The summed E-state index contributed by atoms with van der Waals surface area (Å²) in [5.41, 5.74) is 2.47. The van der Waals surface area contributed by atoms with Crippen LogP contribution in [-0.2, 0) is 0 Å². The fourth-order valence-electron chi connectivity index (χ4n) is 2.42. The predicted molar refractivity (Wildman–Crippen MR) is 94.9 cm³/mol. The number of non-ortho nitro benzene ring substituents is 1. The summed E-state index contributed by atoms with van der Waals surface area (Å²) in [5.74, 6) is 0. The molecule has 2 aromatic carbocycles. The second kappa shape index (κ2) is 7.12. The maximum absolute atomic E-state index is 10.8. The lowest BCUT2D eigenvalue weighted by atomic mass is 10.1. The van der Waals surface area contributed by atoms with E-state index in [1.54, 1.807) is 23.0 Å². The first-order valence-corrected chi connectivity index (χ1v) is 7.54. The number of allylic oxidation sites excluding steroid dienone is 1. The van der Waals surface area contributed by atoms with Gasteiger partial charge >= 0.3 is 0 Å². The van der Waals surface area contributed by atoms with Crippen molar-refractivity contribution in [3.05, 3.63) is 82.0 Å². The van der Waals surface area contributed by atoms with E-state index in [1.807, 2.05) is 42.5 Å². The van der Waals surface area contributed by atoms with Crippen molar-refractivity contribution in [2.24, 2.45) is 0 Å². The molecule has 0 atom stereocenters. The van der Waals surface area contributed by atoms with Crippen LogP contribution in [0.1, 0.15) is 5.56 Å². The minimum Gasteiger partial charge on any atom is -0.258 e. The minimum atomic E-state index is -0.476. The highest BCUT2D eigenvalue weighted by molar-refractivity contribution is 5.76. The molecule has 7 nitrogen and oxygen atoms in total. The Morgan fingerprint density at radius 2 is 1.73 bits per heavy atom. The Kier molecular flexibility index (Phi) is 4.55. The molecule has 0 saturated carbocycles. The highest BCUT2D eigenvalue weighted by Gasteiger charge is 2.13. The molecule has 0 radical (unpaired) electrons. The molecule has 124 valence electrons. The van der Waals surface area contributed by atoms with Gasteiger partial charge in [0.2, 0.25) is 0 Å². The summed E-state index contributed by atoms with van der Waals surface area (Å²) in [6.07, 6.45) is 3.16. The Balaban J connectivity index is 2.15. The molecule has 0 aliphatic carbocycles. The molecule has 0 aliphatic heterocycles. The molecule has 7 heteroatoms. The fourth-order valence-corrected chi connectivity index (χ4v) is 2.42. The van der Waals surface area contributed by atoms with Gasteiger partial charge in [-0.3, -0.25) is 10.1 Å². The van der Waals surface area contributed by atoms with Crippen LogP contribution in [0.2, 0.25) is 0 Å². The van der Waals surface area contributed by atoms with Gasteiger partial charge in [0.05, 0.1) is 10.6 Å². The Labute approximate surface area is 148 Å². The molecule has 0 saturated heterocycles. The average Bonchev–Trinajstić information content (AvgIpc) is 3.10. The second-order valence-electron chi connectivity index (χ2n) is 5.30. The zero-order valence-corrected chi connectivity index (χ0v) is 13.4. The number of benzene rings is 2. The van der Waals surface area contributed by atoms with E-state index >= 15 is 0 Å². The highest BCUT2D eigenvalue weighted by atomic mass is 16.6. The second-order valence-corrected chi connectivity index (χ2v) is 5.30. The highest BCUT2D eigenvalue weighted by Crippen LogP contribution is 2.27. The van der Waals surface area contributed by atoms with E-state index in [1.165, 1.54) is 18.2 Å². The van der Waals surface area contributed by atoms with Gasteiger partial charge in [0, 0.05) is 29.5 Å². The average molecular weight is 341 g/mol. The molecule has 0 N–H and O–H groups in total. The Morgan fingerprint density at radius 3 is 2.31 bits per heavy atom. The van der Waals surface area contributed by atoms with E-state index in [4.69, 9.17) is 10.5 Å². The lowest BCUT2D eigenvalue weighted by molar-refractivity contribution is -0.384. The first kappa shape index (κ1) is 16.6. The van der Waals surface area contributed by atoms with Crippen LogP contribution in [0, 0.1) is 32.8 Å². The molecular formula is C19H11N5O2. The van der Waals surface area contributed by atoms with Crippen LogP contribution >= 0.6 is 0 Å². The van der Waals surface area contributed by atoms with Gasteiger partial charge in [-0.15, -0.1) is 0 Å². The number of nitrogens with zero attached hydrogens (tertiary/aromatic N) is 5. The van der Waals surface area contributed by atoms with Gasteiger partial charge in [0.15, 0.2) is 0 Å². The van der Waals surface area contributed by atoms with Crippen molar-refractivity contribution in [2.45, 2.75) is 0 Å². The molecule has 0 bridgehead atoms. The Morgan fingerprint density at radius 1 is 1.08 bits per heavy atom. The van der Waals surface area contributed by atoms with E-state index in [0.717, 1.165) is 5.69 Å². The summed E-state index contributed by atoms with van der Waals surface area (Å²) >= 11 is 0. The first-order valence-electron chi connectivity index (χ1n) is 7.54. The number of para-hydroxylation sites is 1. The summed E-state index contributed by atoms with van der Waals surface area (Å²) in [5, 5.41) is 33.4. The predicted octanol–water partition coefficient (Wildman–Crippen LogP) is 3.88. The molecular weight excluding hydrogens is 330 g/mol. The normalized spacial score (nSPS) is 9.77. The molecule has 0 fully saturated rings. The third-order valence-electron chi connectivity index (χ3n) is 3.66. The lowest BCUT2D eigenvalue weighted by Gasteiger charge is -2.00. The standard InChI is InChI=1S/C19H11N5O2/c20-11-14(12-21)10-16-13-23(17-4-2-1-3-5-17)22-19(16)15-6-8-18(9-7-15)24(25)26/h1-10,13H. The van der Waals surface area contributed by atoms with E-state index in [9.17, 15) is 10.1 Å². The number of nitriles is 2. The quantitative estimate of drug-likeness (QED) is 0.406. The summed E-state index contributed by atoms with van der Waals surface area (Å²) in [7, 11) is 0. The zero-order chi connectivity index (χ0) is 18.5. The van der Waals surface area contributed by atoms with Crippen molar-refractivity contribution in [1.29, 1.82) is 10.5 Å². The van der Waals surface area contributed by atoms with Gasteiger partial charge in [0.1, 0.15) is 23.4 Å². The van der Waals surface area contributed by atoms with Crippen molar-refractivity contribution >= 4 is 11.8 Å². The molecule has 0 amide bonds. The Hall–Kier alpha value is -4.23. The number of hydrogen-bond donors (Lipinski definition) is 0. The van der Waals surface area contributed by atoms with Gasteiger partial charge in [-0.05, 0) is 30.3 Å². The van der Waals surface area contributed by atoms with Crippen LogP contribution in [0.5, 0.6) is 0 Å². The zero-order valence-electron chi connectivity index (χ0n) is 13.4. The van der Waals surface area contributed by atoms with E-state index < -0.39 is 4.92 Å². The molecule has 0 spiro atoms. The van der Waals surface area contributed by atoms with Crippen LogP contribution in [0.3, 0.4) is 0 Å². The van der Waals surface area contributed by atoms with Crippen molar-refractivity contribution in [2.75, 3.05) is 0 Å². The van der Waals surface area contributed by atoms with Crippen molar-refractivity contribution in [3.63, 3.8) is 0 Å². The van der Waals surface area contributed by atoms with Gasteiger partial charge in [-0.1, -0.05) is 18.2 Å². The fraction of sp³-hybridized carbons (Fsp3) is 0. The number of aromatic nitrogens is 2. The van der Waals surface area contributed by atoms with Crippen molar-refractivity contribution in [3.8, 4) is 29.1 Å². The molecule has 3 rings (SSSR count). The lowest BCUT2D eigenvalue weighted by Crippen LogP contribution is -1.94. The van der Waals surface area contributed by atoms with Crippen molar-refractivity contribution < 1.29 is 4.92 Å². The molecule has 0 aliphatic rings. The van der Waals surface area contributed by atoms with Crippen LogP contribution in [-0.4, -0.2) is 14.7 Å².